The van der Waals surface area contributed by atoms with Crippen LogP contribution in [-0.2, 0) is 5.41 Å². The van der Waals surface area contributed by atoms with Gasteiger partial charge in [0.2, 0.25) is 0 Å². The summed E-state index contributed by atoms with van der Waals surface area (Å²) < 4.78 is 0. The Morgan fingerprint density at radius 3 is 1.88 bits per heavy atom. The molecule has 1 aliphatic rings. The molecule has 2 heterocycles. The zero-order chi connectivity index (χ0) is 26.8. The van der Waals surface area contributed by atoms with Gasteiger partial charge in [-0.25, -0.2) is 9.97 Å². The number of rotatable bonds is 3. The first kappa shape index (κ1) is 22.9. The molecule has 8 rings (SSSR count). The summed E-state index contributed by atoms with van der Waals surface area (Å²) in [4.78, 5) is 13.8. The van der Waals surface area contributed by atoms with Crippen molar-refractivity contribution in [3.8, 4) is 45.0 Å². The topological polar surface area (TPSA) is 41.6 Å². The summed E-state index contributed by atoms with van der Waals surface area (Å²) in [5.74, 6) is 0.736. The highest BCUT2D eigenvalue weighted by atomic mass is 14.9. The van der Waals surface area contributed by atoms with Crippen LogP contribution in [0.2, 0.25) is 0 Å². The molecule has 190 valence electrons. The molecular formula is C37H27N3. The molecule has 0 aliphatic heterocycles. The average Bonchev–Trinajstić information content (AvgIpc) is 3.50. The Morgan fingerprint density at radius 1 is 0.550 bits per heavy atom. The molecule has 3 nitrogen and oxygen atoms in total. The molecule has 40 heavy (non-hydrogen) atoms. The van der Waals surface area contributed by atoms with Crippen molar-refractivity contribution in [3.05, 3.63) is 132 Å². The van der Waals surface area contributed by atoms with Crippen LogP contribution in [0.5, 0.6) is 0 Å². The molecular weight excluding hydrogens is 486 g/mol. The van der Waals surface area contributed by atoms with Crippen LogP contribution >= 0.6 is 0 Å². The number of aromatic amines is 1. The number of nitrogens with zero attached hydrogens (tertiary/aromatic N) is 2. The fourth-order valence-electron chi connectivity index (χ4n) is 6.41. The van der Waals surface area contributed by atoms with Gasteiger partial charge in [0, 0.05) is 43.9 Å². The van der Waals surface area contributed by atoms with Crippen LogP contribution in [0.4, 0.5) is 0 Å². The molecule has 2 aromatic heterocycles. The van der Waals surface area contributed by atoms with E-state index >= 15 is 0 Å². The van der Waals surface area contributed by atoms with E-state index in [4.69, 9.17) is 9.97 Å². The van der Waals surface area contributed by atoms with Crippen molar-refractivity contribution in [2.45, 2.75) is 19.3 Å². The quantitative estimate of drug-likeness (QED) is 0.256. The lowest BCUT2D eigenvalue weighted by molar-refractivity contribution is 0.661. The zero-order valence-corrected chi connectivity index (χ0v) is 22.4. The van der Waals surface area contributed by atoms with E-state index in [1.165, 1.54) is 44.1 Å². The molecule has 0 spiro atoms. The molecule has 3 heteroatoms. The number of nitrogens with one attached hydrogen (secondary N) is 1. The normalized spacial score (nSPS) is 13.4. The highest BCUT2D eigenvalue weighted by Gasteiger charge is 2.37. The van der Waals surface area contributed by atoms with Gasteiger partial charge in [-0.05, 0) is 46.5 Å². The number of hydrogen-bond donors (Lipinski definition) is 1. The van der Waals surface area contributed by atoms with Crippen LogP contribution in [0.15, 0.2) is 121 Å². The molecule has 0 saturated carbocycles. The van der Waals surface area contributed by atoms with Crippen LogP contribution < -0.4 is 0 Å². The van der Waals surface area contributed by atoms with Gasteiger partial charge < -0.3 is 4.98 Å². The third kappa shape index (κ3) is 3.37. The first-order valence-corrected chi connectivity index (χ1v) is 13.8. The van der Waals surface area contributed by atoms with Crippen LogP contribution in [0.3, 0.4) is 0 Å². The maximum Gasteiger partial charge on any atom is 0.160 e. The summed E-state index contributed by atoms with van der Waals surface area (Å²) >= 11 is 0. The number of benzene rings is 5. The molecule has 0 saturated heterocycles. The van der Waals surface area contributed by atoms with Gasteiger partial charge >= 0.3 is 0 Å². The standard InChI is InChI=1S/C37H27N3/c1-37(2)28-18-17-25(21-27(28)34-29(37)19-20-31-35(34)26-15-9-10-16-30(26)38-31)36-39-32(23-11-5-3-6-12-23)22-33(40-36)24-13-7-4-8-14-24/h3-22,38H,1-2H3. The molecule has 1 aliphatic carbocycles. The monoisotopic (exact) mass is 513 g/mol. The first-order chi connectivity index (χ1) is 19.6. The summed E-state index contributed by atoms with van der Waals surface area (Å²) in [5.41, 5.74) is 12.5. The van der Waals surface area contributed by atoms with Gasteiger partial charge in [0.1, 0.15) is 0 Å². The second-order valence-electron chi connectivity index (χ2n) is 11.2. The Hall–Kier alpha value is -5.02. The van der Waals surface area contributed by atoms with Crippen LogP contribution in [0.25, 0.3) is 66.8 Å². The Morgan fingerprint density at radius 2 is 1.18 bits per heavy atom. The Labute approximate surface area is 233 Å². The van der Waals surface area contributed by atoms with Crippen molar-refractivity contribution in [2.75, 3.05) is 0 Å². The van der Waals surface area contributed by atoms with E-state index in [0.29, 0.717) is 0 Å². The Bertz CT molecular complexity index is 2010. The molecule has 0 radical (unpaired) electrons. The number of para-hydroxylation sites is 1. The zero-order valence-electron chi connectivity index (χ0n) is 22.4. The van der Waals surface area contributed by atoms with Crippen molar-refractivity contribution in [1.82, 2.24) is 15.0 Å². The highest BCUT2D eigenvalue weighted by molar-refractivity contribution is 6.16. The van der Waals surface area contributed by atoms with E-state index in [9.17, 15) is 0 Å². The molecule has 7 aromatic rings. The number of hydrogen-bond acceptors (Lipinski definition) is 2. The van der Waals surface area contributed by atoms with Gasteiger partial charge in [0.05, 0.1) is 11.4 Å². The second-order valence-corrected chi connectivity index (χ2v) is 11.2. The predicted octanol–water partition coefficient (Wildman–Crippen LogP) is 9.42. The van der Waals surface area contributed by atoms with E-state index in [0.717, 1.165) is 33.9 Å². The lowest BCUT2D eigenvalue weighted by Crippen LogP contribution is -2.14. The van der Waals surface area contributed by atoms with Crippen molar-refractivity contribution in [2.24, 2.45) is 0 Å². The summed E-state index contributed by atoms with van der Waals surface area (Å²) in [5, 5.41) is 2.55. The van der Waals surface area contributed by atoms with Crippen LogP contribution in [-0.4, -0.2) is 15.0 Å². The SMILES string of the molecule is CC1(C)c2ccc(-c3nc(-c4ccccc4)cc(-c4ccccc4)n3)cc2-c2c1ccc1[nH]c3ccccc3c21. The van der Waals surface area contributed by atoms with Crippen LogP contribution in [0, 0.1) is 0 Å². The third-order valence-electron chi connectivity index (χ3n) is 8.43. The molecule has 0 bridgehead atoms. The number of aromatic nitrogens is 3. The number of fused-ring (bicyclic) bond motifs is 7. The minimum atomic E-state index is -0.0995. The summed E-state index contributed by atoms with van der Waals surface area (Å²) in [6.07, 6.45) is 0. The lowest BCUT2D eigenvalue weighted by atomic mass is 9.82. The number of H-pyrrole nitrogens is 1. The summed E-state index contributed by atoms with van der Waals surface area (Å²) in [6, 6.07) is 42.7. The Kier molecular flexibility index (Phi) is 4.86. The second kappa shape index (κ2) is 8.49. The van der Waals surface area contributed by atoms with Crippen molar-refractivity contribution >= 4 is 21.8 Å². The largest absolute Gasteiger partial charge is 0.354 e. The van der Waals surface area contributed by atoms with E-state index < -0.39 is 0 Å². The van der Waals surface area contributed by atoms with E-state index in [-0.39, 0.29) is 5.41 Å². The summed E-state index contributed by atoms with van der Waals surface area (Å²) in [7, 11) is 0. The van der Waals surface area contributed by atoms with Crippen molar-refractivity contribution in [3.63, 3.8) is 0 Å². The third-order valence-corrected chi connectivity index (χ3v) is 8.43. The fraction of sp³-hybridized carbons (Fsp3) is 0.0811. The van der Waals surface area contributed by atoms with E-state index in [2.05, 4.69) is 128 Å². The van der Waals surface area contributed by atoms with Gasteiger partial charge in [-0.3, -0.25) is 0 Å². The minimum Gasteiger partial charge on any atom is -0.354 e. The maximum atomic E-state index is 5.10. The van der Waals surface area contributed by atoms with Gasteiger partial charge in [-0.2, -0.15) is 0 Å². The summed E-state index contributed by atoms with van der Waals surface area (Å²) in [6.45, 7) is 4.66. The van der Waals surface area contributed by atoms with Gasteiger partial charge in [0.15, 0.2) is 5.82 Å². The average molecular weight is 514 g/mol. The predicted molar refractivity (Wildman–Crippen MR) is 165 cm³/mol. The van der Waals surface area contributed by atoms with Gasteiger partial charge in [-0.15, -0.1) is 0 Å². The molecule has 0 unspecified atom stereocenters. The van der Waals surface area contributed by atoms with Gasteiger partial charge in [-0.1, -0.05) is 111 Å². The molecule has 0 atom stereocenters. The molecule has 1 N–H and O–H groups in total. The fourth-order valence-corrected chi connectivity index (χ4v) is 6.41. The van der Waals surface area contributed by atoms with Crippen molar-refractivity contribution in [1.29, 1.82) is 0 Å². The van der Waals surface area contributed by atoms with E-state index in [1.54, 1.807) is 0 Å². The van der Waals surface area contributed by atoms with Crippen molar-refractivity contribution < 1.29 is 0 Å². The molecule has 5 aromatic carbocycles. The first-order valence-electron chi connectivity index (χ1n) is 13.8. The van der Waals surface area contributed by atoms with Gasteiger partial charge in [0.25, 0.3) is 0 Å². The van der Waals surface area contributed by atoms with Crippen LogP contribution in [0.1, 0.15) is 25.0 Å². The maximum absolute atomic E-state index is 5.10. The molecule has 0 amide bonds. The molecule has 0 fully saturated rings. The smallest absolute Gasteiger partial charge is 0.160 e. The van der Waals surface area contributed by atoms with E-state index in [1.807, 2.05) is 12.1 Å². The lowest BCUT2D eigenvalue weighted by Gasteiger charge is -2.21. The highest BCUT2D eigenvalue weighted by Crippen LogP contribution is 2.53. The minimum absolute atomic E-state index is 0.0995. The Balaban J connectivity index is 1.38.